The maximum absolute atomic E-state index is 13.8. The molecule has 0 bridgehead atoms. The first kappa shape index (κ1) is 24.2. The minimum atomic E-state index is -4.91. The van der Waals surface area contributed by atoms with Gasteiger partial charge in [-0.1, -0.05) is 42.3 Å². The Morgan fingerprint density at radius 2 is 1.53 bits per heavy atom. The second-order valence-corrected chi connectivity index (χ2v) is 8.54. The molecule has 1 aliphatic heterocycles. The van der Waals surface area contributed by atoms with Gasteiger partial charge in [0.15, 0.2) is 5.72 Å². The van der Waals surface area contributed by atoms with Crippen molar-refractivity contribution in [2.24, 2.45) is 0 Å². The molecule has 1 fully saturated rings. The van der Waals surface area contributed by atoms with E-state index in [1.165, 1.54) is 17.0 Å². The third-order valence-electron chi connectivity index (χ3n) is 5.58. The molecule has 34 heavy (non-hydrogen) atoms. The fourth-order valence-corrected chi connectivity index (χ4v) is 4.47. The third-order valence-corrected chi connectivity index (χ3v) is 6.09. The zero-order valence-electron chi connectivity index (χ0n) is 17.8. The topological polar surface area (TPSA) is 53.0 Å². The van der Waals surface area contributed by atoms with E-state index in [4.69, 9.17) is 23.2 Å². The third kappa shape index (κ3) is 4.41. The van der Waals surface area contributed by atoms with Crippen LogP contribution in [0, 0.1) is 0 Å². The largest absolute Gasteiger partial charge is 0.573 e. The molecular formula is C24H19Cl2F3N2O3. The normalized spacial score (nSPS) is 20.7. The summed E-state index contributed by atoms with van der Waals surface area (Å²) in [5.74, 6) is -0.512. The SMILES string of the molecule is CC[C@H]1N(c2ccc(Cl)cc2)C(=O)N(c2ccc(Cl)cc2)C1(O)c1cccc(OC(F)(F)F)c1. The summed E-state index contributed by atoms with van der Waals surface area (Å²) in [6.45, 7) is 1.77. The number of hydrogen-bond donors (Lipinski definition) is 1. The molecule has 0 aliphatic carbocycles. The lowest BCUT2D eigenvalue weighted by Gasteiger charge is -2.37. The van der Waals surface area contributed by atoms with Crippen molar-refractivity contribution in [3.05, 3.63) is 88.4 Å². The highest BCUT2D eigenvalue weighted by atomic mass is 35.5. The quantitative estimate of drug-likeness (QED) is 0.403. The summed E-state index contributed by atoms with van der Waals surface area (Å²) in [4.78, 5) is 16.3. The van der Waals surface area contributed by atoms with E-state index in [1.54, 1.807) is 55.5 Å². The van der Waals surface area contributed by atoms with E-state index in [0.717, 1.165) is 17.0 Å². The Morgan fingerprint density at radius 1 is 0.971 bits per heavy atom. The molecule has 0 radical (unpaired) electrons. The second-order valence-electron chi connectivity index (χ2n) is 7.67. The van der Waals surface area contributed by atoms with Crippen LogP contribution in [0.4, 0.5) is 29.3 Å². The number of rotatable bonds is 5. The van der Waals surface area contributed by atoms with Crippen LogP contribution < -0.4 is 14.5 Å². The Bertz CT molecular complexity index is 1190. The van der Waals surface area contributed by atoms with Crippen molar-refractivity contribution in [3.8, 4) is 5.75 Å². The van der Waals surface area contributed by atoms with Gasteiger partial charge in [0.2, 0.25) is 0 Å². The van der Waals surface area contributed by atoms with Gasteiger partial charge in [-0.15, -0.1) is 13.2 Å². The van der Waals surface area contributed by atoms with Crippen LogP contribution in [-0.4, -0.2) is 23.5 Å². The summed E-state index contributed by atoms with van der Waals surface area (Å²) in [6.07, 6.45) is -4.64. The Labute approximate surface area is 203 Å². The van der Waals surface area contributed by atoms with Gasteiger partial charge >= 0.3 is 12.4 Å². The van der Waals surface area contributed by atoms with Crippen molar-refractivity contribution >= 4 is 40.6 Å². The number of amides is 2. The number of anilines is 2. The number of benzene rings is 3. The van der Waals surface area contributed by atoms with Crippen LogP contribution in [0.3, 0.4) is 0 Å². The predicted octanol–water partition coefficient (Wildman–Crippen LogP) is 6.96. The number of alkyl halides is 3. The summed E-state index contributed by atoms with van der Waals surface area (Å²) in [6, 6.07) is 16.3. The average molecular weight is 511 g/mol. The van der Waals surface area contributed by atoms with Crippen molar-refractivity contribution < 1.29 is 27.8 Å². The van der Waals surface area contributed by atoms with Crippen LogP contribution in [0.15, 0.2) is 72.8 Å². The molecule has 1 aliphatic rings. The van der Waals surface area contributed by atoms with Gasteiger partial charge in [0.1, 0.15) is 5.75 Å². The maximum Gasteiger partial charge on any atom is 0.573 e. The maximum atomic E-state index is 13.8. The van der Waals surface area contributed by atoms with Crippen molar-refractivity contribution in [1.29, 1.82) is 0 Å². The van der Waals surface area contributed by atoms with Crippen LogP contribution >= 0.6 is 23.2 Å². The van der Waals surface area contributed by atoms with E-state index >= 15 is 0 Å². The fourth-order valence-electron chi connectivity index (χ4n) is 4.22. The first-order valence-electron chi connectivity index (χ1n) is 10.3. The van der Waals surface area contributed by atoms with Gasteiger partial charge in [-0.05, 0) is 67.1 Å². The fraction of sp³-hybridized carbons (Fsp3) is 0.208. The summed E-state index contributed by atoms with van der Waals surface area (Å²) >= 11 is 12.0. The molecule has 0 aromatic heterocycles. The number of hydrogen-bond acceptors (Lipinski definition) is 3. The highest BCUT2D eigenvalue weighted by molar-refractivity contribution is 6.31. The van der Waals surface area contributed by atoms with Crippen molar-refractivity contribution in [2.45, 2.75) is 31.5 Å². The number of urea groups is 1. The van der Waals surface area contributed by atoms with E-state index in [9.17, 15) is 23.1 Å². The molecule has 1 unspecified atom stereocenters. The van der Waals surface area contributed by atoms with Gasteiger partial charge < -0.3 is 9.84 Å². The molecule has 2 amide bonds. The highest BCUT2D eigenvalue weighted by Crippen LogP contribution is 2.46. The molecule has 0 spiro atoms. The Morgan fingerprint density at radius 3 is 2.06 bits per heavy atom. The molecule has 2 atom stereocenters. The van der Waals surface area contributed by atoms with Gasteiger partial charge in [0, 0.05) is 27.0 Å². The number of carbonyl (C=O) groups excluding carboxylic acids is 1. The van der Waals surface area contributed by atoms with Crippen LogP contribution in [0.1, 0.15) is 18.9 Å². The van der Waals surface area contributed by atoms with Crippen LogP contribution in [0.5, 0.6) is 5.75 Å². The van der Waals surface area contributed by atoms with Gasteiger partial charge in [-0.3, -0.25) is 9.80 Å². The Kier molecular flexibility index (Phi) is 6.42. The summed E-state index contributed by atoms with van der Waals surface area (Å²) < 4.78 is 42.7. The molecule has 0 saturated carbocycles. The first-order chi connectivity index (χ1) is 16.0. The monoisotopic (exact) mass is 510 g/mol. The molecule has 3 aromatic rings. The lowest BCUT2D eigenvalue weighted by molar-refractivity contribution is -0.274. The van der Waals surface area contributed by atoms with E-state index in [1.807, 2.05) is 0 Å². The van der Waals surface area contributed by atoms with Crippen LogP contribution in [0.2, 0.25) is 10.0 Å². The molecular weight excluding hydrogens is 492 g/mol. The summed E-state index contributed by atoms with van der Waals surface area (Å²) in [5, 5.41) is 13.0. The lowest BCUT2D eigenvalue weighted by atomic mass is 9.91. The molecule has 3 aromatic carbocycles. The van der Waals surface area contributed by atoms with Crippen LogP contribution in [0.25, 0.3) is 0 Å². The van der Waals surface area contributed by atoms with Gasteiger partial charge in [0.25, 0.3) is 0 Å². The van der Waals surface area contributed by atoms with Crippen molar-refractivity contribution in [1.82, 2.24) is 0 Å². The average Bonchev–Trinajstić information content (AvgIpc) is 3.01. The molecule has 4 rings (SSSR count). The first-order valence-corrected chi connectivity index (χ1v) is 11.0. The predicted molar refractivity (Wildman–Crippen MR) is 124 cm³/mol. The minimum Gasteiger partial charge on any atom is -0.406 e. The molecule has 1 heterocycles. The zero-order chi connectivity index (χ0) is 24.7. The second kappa shape index (κ2) is 9.02. The molecule has 5 nitrogen and oxygen atoms in total. The smallest absolute Gasteiger partial charge is 0.406 e. The highest BCUT2D eigenvalue weighted by Gasteiger charge is 2.58. The number of ether oxygens (including phenoxy) is 1. The Balaban J connectivity index is 1.90. The van der Waals surface area contributed by atoms with Gasteiger partial charge in [0.05, 0.1) is 6.04 Å². The van der Waals surface area contributed by atoms with E-state index < -0.39 is 29.9 Å². The number of halogens is 5. The molecule has 10 heteroatoms. The van der Waals surface area contributed by atoms with E-state index in [0.29, 0.717) is 21.4 Å². The van der Waals surface area contributed by atoms with Gasteiger partial charge in [-0.2, -0.15) is 0 Å². The summed E-state index contributed by atoms with van der Waals surface area (Å²) in [5.41, 5.74) is -1.20. The molecule has 1 N–H and O–H groups in total. The number of nitrogens with zero attached hydrogens (tertiary/aromatic N) is 2. The minimum absolute atomic E-state index is 0.0564. The van der Waals surface area contributed by atoms with E-state index in [-0.39, 0.29) is 12.0 Å². The van der Waals surface area contributed by atoms with Crippen molar-refractivity contribution in [2.75, 3.05) is 9.80 Å². The zero-order valence-corrected chi connectivity index (χ0v) is 19.3. The number of aliphatic hydroxyl groups is 1. The lowest BCUT2D eigenvalue weighted by Crippen LogP contribution is -2.49. The Hall–Kier alpha value is -2.94. The number of carbonyl (C=O) groups is 1. The van der Waals surface area contributed by atoms with Crippen LogP contribution in [-0.2, 0) is 5.72 Å². The van der Waals surface area contributed by atoms with Crippen molar-refractivity contribution in [3.63, 3.8) is 0 Å². The standard InChI is InChI=1S/C24H19Cl2F3N2O3/c1-2-21-23(33,15-4-3-5-20(14-15)34-24(27,28)29)31(19-12-8-17(26)9-13-19)22(32)30(21)18-10-6-16(25)7-11-18/h3-14,21,33H,2H2,1H3/t21-,23?/m1/s1. The van der Waals surface area contributed by atoms with E-state index in [2.05, 4.69) is 4.74 Å². The molecule has 178 valence electrons. The molecule has 1 saturated heterocycles. The van der Waals surface area contributed by atoms with Gasteiger partial charge in [-0.25, -0.2) is 4.79 Å². The summed E-state index contributed by atoms with van der Waals surface area (Å²) in [7, 11) is 0.